The number of carbonyl (C=O) groups is 1. The highest BCUT2D eigenvalue weighted by molar-refractivity contribution is 5.81. The topological polar surface area (TPSA) is 60.2 Å². The second-order valence-electron chi connectivity index (χ2n) is 8.13. The van der Waals surface area contributed by atoms with Gasteiger partial charge in [0.05, 0.1) is 5.56 Å². The summed E-state index contributed by atoms with van der Waals surface area (Å²) in [6.07, 6.45) is 9.95. The molecule has 1 atom stereocenters. The minimum atomic E-state index is 0.359. The van der Waals surface area contributed by atoms with Crippen molar-refractivity contribution >= 4 is 11.7 Å². The maximum atomic E-state index is 12.2. The van der Waals surface area contributed by atoms with E-state index in [1.54, 1.807) is 6.20 Å². The van der Waals surface area contributed by atoms with Crippen molar-refractivity contribution < 1.29 is 4.79 Å². The Morgan fingerprint density at radius 1 is 1.00 bits per heavy atom. The zero-order chi connectivity index (χ0) is 17.9. The van der Waals surface area contributed by atoms with Crippen LogP contribution in [0.4, 0.5) is 5.82 Å². The molecule has 0 radical (unpaired) electrons. The molecule has 0 spiro atoms. The van der Waals surface area contributed by atoms with Crippen LogP contribution in [0.15, 0.2) is 18.3 Å². The van der Waals surface area contributed by atoms with Crippen LogP contribution in [0, 0.1) is 29.1 Å². The Hall–Kier alpha value is -2.09. The highest BCUT2D eigenvalue weighted by Gasteiger charge is 2.36. The smallest absolute Gasteiger partial charge is 0.225 e. The van der Waals surface area contributed by atoms with Crippen LogP contribution in [-0.2, 0) is 4.79 Å². The predicted octanol–water partition coefficient (Wildman–Crippen LogP) is 3.21. The summed E-state index contributed by atoms with van der Waals surface area (Å²) in [6.45, 7) is 4.04. The number of nitrogens with zero attached hydrogens (tertiary/aromatic N) is 4. The van der Waals surface area contributed by atoms with E-state index in [1.807, 2.05) is 12.1 Å². The minimum absolute atomic E-state index is 0.359. The molecule has 0 N–H and O–H groups in total. The molecule has 1 aliphatic carbocycles. The molecule has 138 valence electrons. The summed E-state index contributed by atoms with van der Waals surface area (Å²) in [6, 6.07) is 5.96. The number of aromatic nitrogens is 1. The number of anilines is 1. The standard InChI is InChI=1S/C21H28N4O/c22-14-16-3-6-20(23-15-16)24-10-1-2-17(7-11-24)18-8-12-25(13-9-18)21(26)19-4-5-19/h3,6,15,17-19H,1-2,4-5,7-13H2. The van der Waals surface area contributed by atoms with E-state index in [9.17, 15) is 4.79 Å². The Bertz CT molecular complexity index is 668. The average Bonchev–Trinajstić information content (AvgIpc) is 3.54. The van der Waals surface area contributed by atoms with Gasteiger partial charge in [-0.1, -0.05) is 0 Å². The van der Waals surface area contributed by atoms with Gasteiger partial charge in [0.2, 0.25) is 5.91 Å². The molecule has 3 aliphatic rings. The molecule has 2 aliphatic heterocycles. The van der Waals surface area contributed by atoms with Crippen LogP contribution in [0.1, 0.15) is 50.5 Å². The van der Waals surface area contributed by atoms with Gasteiger partial charge >= 0.3 is 0 Å². The number of carbonyl (C=O) groups excluding carboxylic acids is 1. The zero-order valence-electron chi connectivity index (χ0n) is 15.4. The summed E-state index contributed by atoms with van der Waals surface area (Å²) < 4.78 is 0. The first-order valence-corrected chi connectivity index (χ1v) is 10.1. The lowest BCUT2D eigenvalue weighted by atomic mass is 9.80. The van der Waals surface area contributed by atoms with Gasteiger partial charge in [0.1, 0.15) is 11.9 Å². The molecule has 4 rings (SSSR count). The number of nitriles is 1. The van der Waals surface area contributed by atoms with E-state index in [-0.39, 0.29) is 0 Å². The monoisotopic (exact) mass is 352 g/mol. The van der Waals surface area contributed by atoms with Crippen molar-refractivity contribution in [1.29, 1.82) is 5.26 Å². The molecule has 1 saturated carbocycles. The highest BCUT2D eigenvalue weighted by atomic mass is 16.2. The fraction of sp³-hybridized carbons (Fsp3) is 0.667. The zero-order valence-corrected chi connectivity index (χ0v) is 15.4. The van der Waals surface area contributed by atoms with Gasteiger partial charge in [0.15, 0.2) is 0 Å². The molecule has 26 heavy (non-hydrogen) atoms. The van der Waals surface area contributed by atoms with E-state index in [0.717, 1.165) is 56.7 Å². The third-order valence-corrected chi connectivity index (χ3v) is 6.42. The van der Waals surface area contributed by atoms with Crippen molar-refractivity contribution in [2.24, 2.45) is 17.8 Å². The summed E-state index contributed by atoms with van der Waals surface area (Å²) in [4.78, 5) is 21.2. The normalized spacial score (nSPS) is 24.8. The maximum absolute atomic E-state index is 12.2. The van der Waals surface area contributed by atoms with Gasteiger partial charge in [-0.2, -0.15) is 5.26 Å². The van der Waals surface area contributed by atoms with Gasteiger partial charge in [-0.15, -0.1) is 0 Å². The first kappa shape index (κ1) is 17.3. The van der Waals surface area contributed by atoms with Crippen LogP contribution in [0.2, 0.25) is 0 Å². The third-order valence-electron chi connectivity index (χ3n) is 6.42. The van der Waals surface area contributed by atoms with Gasteiger partial charge < -0.3 is 9.80 Å². The summed E-state index contributed by atoms with van der Waals surface area (Å²) in [7, 11) is 0. The number of amides is 1. The molecule has 1 amide bonds. The molecule has 5 heteroatoms. The molecule has 2 saturated heterocycles. The van der Waals surface area contributed by atoms with Gasteiger partial charge in [0.25, 0.3) is 0 Å². The van der Waals surface area contributed by atoms with Crippen LogP contribution in [-0.4, -0.2) is 42.0 Å². The van der Waals surface area contributed by atoms with E-state index < -0.39 is 0 Å². The predicted molar refractivity (Wildman–Crippen MR) is 101 cm³/mol. The molecule has 0 aromatic carbocycles. The van der Waals surface area contributed by atoms with Gasteiger partial charge in [0, 0.05) is 38.3 Å². The molecule has 5 nitrogen and oxygen atoms in total. The molecule has 1 aromatic rings. The lowest BCUT2D eigenvalue weighted by Gasteiger charge is -2.36. The Morgan fingerprint density at radius 2 is 1.73 bits per heavy atom. The number of likely N-dealkylation sites (tertiary alicyclic amines) is 1. The van der Waals surface area contributed by atoms with Crippen molar-refractivity contribution in [2.75, 3.05) is 31.1 Å². The largest absolute Gasteiger partial charge is 0.357 e. The lowest BCUT2D eigenvalue weighted by Crippen LogP contribution is -2.41. The van der Waals surface area contributed by atoms with Crippen molar-refractivity contribution in [3.63, 3.8) is 0 Å². The Balaban J connectivity index is 1.29. The van der Waals surface area contributed by atoms with E-state index in [0.29, 0.717) is 17.4 Å². The van der Waals surface area contributed by atoms with Gasteiger partial charge in [-0.05, 0) is 68.9 Å². The van der Waals surface area contributed by atoms with E-state index >= 15 is 0 Å². The van der Waals surface area contributed by atoms with E-state index in [4.69, 9.17) is 5.26 Å². The minimum Gasteiger partial charge on any atom is -0.357 e. The molecular weight excluding hydrogens is 324 g/mol. The van der Waals surface area contributed by atoms with Crippen LogP contribution in [0.3, 0.4) is 0 Å². The maximum Gasteiger partial charge on any atom is 0.225 e. The van der Waals surface area contributed by atoms with Crippen molar-refractivity contribution in [3.05, 3.63) is 23.9 Å². The fourth-order valence-corrected chi connectivity index (χ4v) is 4.64. The molecule has 0 bridgehead atoms. The van der Waals surface area contributed by atoms with Crippen LogP contribution in [0.25, 0.3) is 0 Å². The Kier molecular flexibility index (Phi) is 5.10. The summed E-state index contributed by atoms with van der Waals surface area (Å²) >= 11 is 0. The van der Waals surface area contributed by atoms with Crippen LogP contribution < -0.4 is 4.90 Å². The second-order valence-corrected chi connectivity index (χ2v) is 8.13. The van der Waals surface area contributed by atoms with E-state index in [2.05, 4.69) is 20.9 Å². The highest BCUT2D eigenvalue weighted by Crippen LogP contribution is 2.36. The average molecular weight is 352 g/mol. The van der Waals surface area contributed by atoms with Crippen molar-refractivity contribution in [1.82, 2.24) is 9.88 Å². The van der Waals surface area contributed by atoms with Gasteiger partial charge in [-0.3, -0.25) is 4.79 Å². The molecular formula is C21H28N4O. The summed E-state index contributed by atoms with van der Waals surface area (Å²) in [5, 5.41) is 8.92. The first-order chi connectivity index (χ1) is 12.7. The quantitative estimate of drug-likeness (QED) is 0.838. The molecule has 3 fully saturated rings. The number of piperidine rings is 1. The van der Waals surface area contributed by atoms with E-state index in [1.165, 1.54) is 32.1 Å². The van der Waals surface area contributed by atoms with Crippen molar-refractivity contribution in [2.45, 2.75) is 44.9 Å². The summed E-state index contributed by atoms with van der Waals surface area (Å²) in [5.74, 6) is 3.32. The molecule has 1 unspecified atom stereocenters. The Labute approximate surface area is 156 Å². The number of pyridine rings is 1. The molecule has 3 heterocycles. The van der Waals surface area contributed by atoms with Crippen LogP contribution >= 0.6 is 0 Å². The van der Waals surface area contributed by atoms with Gasteiger partial charge in [-0.25, -0.2) is 4.98 Å². The van der Waals surface area contributed by atoms with Crippen molar-refractivity contribution in [3.8, 4) is 6.07 Å². The number of hydrogen-bond acceptors (Lipinski definition) is 4. The van der Waals surface area contributed by atoms with Crippen LogP contribution in [0.5, 0.6) is 0 Å². The number of rotatable bonds is 3. The molecule has 1 aromatic heterocycles. The second kappa shape index (κ2) is 7.65. The number of hydrogen-bond donors (Lipinski definition) is 0. The Morgan fingerprint density at radius 3 is 2.38 bits per heavy atom. The summed E-state index contributed by atoms with van der Waals surface area (Å²) in [5.41, 5.74) is 0.619. The lowest BCUT2D eigenvalue weighted by molar-refractivity contribution is -0.134. The first-order valence-electron chi connectivity index (χ1n) is 10.1. The fourth-order valence-electron chi connectivity index (χ4n) is 4.64. The SMILES string of the molecule is N#Cc1ccc(N2CCCC(C3CCN(C(=O)C4CC4)CC3)CC2)nc1. The third kappa shape index (κ3) is 3.85.